The summed E-state index contributed by atoms with van der Waals surface area (Å²) in [6, 6.07) is 2.35. The summed E-state index contributed by atoms with van der Waals surface area (Å²) in [6.45, 7) is 3.24. The zero-order chi connectivity index (χ0) is 11.5. The Labute approximate surface area is 101 Å². The standard InChI is InChI=1S/C11H17ClN4/c1-2-8-5-3-4-6-16(8)10-7-9(12)14-11(13)15-10/h7-8H,2-6H2,1H3,(H2,13,14,15)/t8-/m1/s1. The minimum Gasteiger partial charge on any atom is -0.368 e. The van der Waals surface area contributed by atoms with E-state index in [0.717, 1.165) is 18.8 Å². The van der Waals surface area contributed by atoms with E-state index in [1.165, 1.54) is 19.3 Å². The lowest BCUT2D eigenvalue weighted by atomic mass is 10.0. The summed E-state index contributed by atoms with van der Waals surface area (Å²) in [5.41, 5.74) is 5.62. The van der Waals surface area contributed by atoms with E-state index in [1.807, 2.05) is 0 Å². The average Bonchev–Trinajstić information content (AvgIpc) is 2.27. The molecule has 5 heteroatoms. The van der Waals surface area contributed by atoms with Gasteiger partial charge in [0.2, 0.25) is 5.95 Å². The van der Waals surface area contributed by atoms with Crippen LogP contribution in [0.3, 0.4) is 0 Å². The second-order valence-corrected chi connectivity index (χ2v) is 4.55. The van der Waals surface area contributed by atoms with E-state index in [9.17, 15) is 0 Å². The predicted molar refractivity (Wildman–Crippen MR) is 66.7 cm³/mol. The maximum atomic E-state index is 5.90. The molecule has 1 aliphatic rings. The maximum absolute atomic E-state index is 5.90. The third-order valence-electron chi connectivity index (χ3n) is 3.09. The summed E-state index contributed by atoms with van der Waals surface area (Å²) in [5, 5.41) is 0.419. The first-order valence-electron chi connectivity index (χ1n) is 5.77. The van der Waals surface area contributed by atoms with Gasteiger partial charge in [0, 0.05) is 18.7 Å². The van der Waals surface area contributed by atoms with Gasteiger partial charge < -0.3 is 10.6 Å². The smallest absolute Gasteiger partial charge is 0.223 e. The molecule has 0 saturated carbocycles. The molecule has 0 aromatic carbocycles. The van der Waals surface area contributed by atoms with Crippen LogP contribution in [0, 0.1) is 0 Å². The van der Waals surface area contributed by atoms with Crippen molar-refractivity contribution in [2.45, 2.75) is 38.6 Å². The Bertz CT molecular complexity index is 349. The molecule has 16 heavy (non-hydrogen) atoms. The number of hydrogen-bond acceptors (Lipinski definition) is 4. The second-order valence-electron chi connectivity index (χ2n) is 4.16. The SMILES string of the molecule is CC[C@@H]1CCCCN1c1cc(Cl)nc(N)n1. The van der Waals surface area contributed by atoms with E-state index < -0.39 is 0 Å². The normalized spacial score (nSPS) is 21.1. The Hall–Kier alpha value is -1.03. The lowest BCUT2D eigenvalue weighted by Crippen LogP contribution is -2.39. The molecule has 0 unspecified atom stereocenters. The molecule has 4 nitrogen and oxygen atoms in total. The van der Waals surface area contributed by atoms with Crippen LogP contribution < -0.4 is 10.6 Å². The number of piperidine rings is 1. The molecule has 0 amide bonds. The number of aromatic nitrogens is 2. The molecule has 1 aromatic rings. The van der Waals surface area contributed by atoms with Crippen molar-refractivity contribution in [2.75, 3.05) is 17.2 Å². The molecule has 0 aliphatic carbocycles. The Morgan fingerprint density at radius 1 is 1.50 bits per heavy atom. The summed E-state index contributed by atoms with van der Waals surface area (Å²) < 4.78 is 0. The number of rotatable bonds is 2. The average molecular weight is 241 g/mol. The molecule has 1 saturated heterocycles. The summed E-state index contributed by atoms with van der Waals surface area (Å²) in [5.74, 6) is 1.12. The van der Waals surface area contributed by atoms with Crippen molar-refractivity contribution < 1.29 is 0 Å². The van der Waals surface area contributed by atoms with Crippen molar-refractivity contribution in [1.29, 1.82) is 0 Å². The summed E-state index contributed by atoms with van der Waals surface area (Å²) in [6.07, 6.45) is 4.85. The van der Waals surface area contributed by atoms with Crippen molar-refractivity contribution in [1.82, 2.24) is 9.97 Å². The molecule has 2 rings (SSSR count). The quantitative estimate of drug-likeness (QED) is 0.807. The van der Waals surface area contributed by atoms with E-state index in [-0.39, 0.29) is 5.95 Å². The van der Waals surface area contributed by atoms with Crippen LogP contribution in [-0.4, -0.2) is 22.6 Å². The van der Waals surface area contributed by atoms with Gasteiger partial charge in [0.05, 0.1) is 0 Å². The van der Waals surface area contributed by atoms with Gasteiger partial charge >= 0.3 is 0 Å². The molecule has 1 aromatic heterocycles. The van der Waals surface area contributed by atoms with Crippen LogP contribution in [0.5, 0.6) is 0 Å². The first kappa shape index (κ1) is 11.5. The molecule has 1 atom stereocenters. The Morgan fingerprint density at radius 3 is 3.00 bits per heavy atom. The van der Waals surface area contributed by atoms with E-state index in [4.69, 9.17) is 17.3 Å². The first-order chi connectivity index (χ1) is 7.70. The molecule has 2 N–H and O–H groups in total. The summed E-state index contributed by atoms with van der Waals surface area (Å²) in [4.78, 5) is 10.4. The van der Waals surface area contributed by atoms with Gasteiger partial charge in [-0.15, -0.1) is 0 Å². The Morgan fingerprint density at radius 2 is 2.31 bits per heavy atom. The van der Waals surface area contributed by atoms with Crippen molar-refractivity contribution in [3.8, 4) is 0 Å². The maximum Gasteiger partial charge on any atom is 0.223 e. The van der Waals surface area contributed by atoms with E-state index >= 15 is 0 Å². The molecule has 0 bridgehead atoms. The van der Waals surface area contributed by atoms with Gasteiger partial charge in [0.15, 0.2) is 0 Å². The molecular formula is C11H17ClN4. The third kappa shape index (κ3) is 2.38. The van der Waals surface area contributed by atoms with Crippen LogP contribution in [0.4, 0.5) is 11.8 Å². The van der Waals surface area contributed by atoms with Gasteiger partial charge in [-0.25, -0.2) is 4.98 Å². The van der Waals surface area contributed by atoms with Crippen LogP contribution >= 0.6 is 11.6 Å². The molecule has 1 aliphatic heterocycles. The monoisotopic (exact) mass is 240 g/mol. The lowest BCUT2D eigenvalue weighted by molar-refractivity contribution is 0.447. The van der Waals surface area contributed by atoms with Gasteiger partial charge in [0.25, 0.3) is 0 Å². The second kappa shape index (κ2) is 4.87. The van der Waals surface area contributed by atoms with Crippen LogP contribution in [-0.2, 0) is 0 Å². The molecule has 1 fully saturated rings. The molecule has 0 radical (unpaired) electrons. The van der Waals surface area contributed by atoms with Crippen LogP contribution in [0.25, 0.3) is 0 Å². The zero-order valence-corrected chi connectivity index (χ0v) is 10.2. The van der Waals surface area contributed by atoms with Gasteiger partial charge in [0.1, 0.15) is 11.0 Å². The largest absolute Gasteiger partial charge is 0.368 e. The van der Waals surface area contributed by atoms with Gasteiger partial charge in [-0.3, -0.25) is 0 Å². The number of nitrogens with two attached hydrogens (primary N) is 1. The fourth-order valence-electron chi connectivity index (χ4n) is 2.30. The number of nitrogen functional groups attached to an aromatic ring is 1. The molecule has 88 valence electrons. The molecular weight excluding hydrogens is 224 g/mol. The van der Waals surface area contributed by atoms with Crippen LogP contribution in [0.1, 0.15) is 32.6 Å². The number of anilines is 2. The highest BCUT2D eigenvalue weighted by molar-refractivity contribution is 6.29. The molecule has 0 spiro atoms. The topological polar surface area (TPSA) is 55.0 Å². The number of halogens is 1. The van der Waals surface area contributed by atoms with Crippen molar-refractivity contribution in [3.63, 3.8) is 0 Å². The number of hydrogen-bond donors (Lipinski definition) is 1. The Kier molecular flexibility index (Phi) is 3.49. The van der Waals surface area contributed by atoms with Crippen LogP contribution in [0.15, 0.2) is 6.07 Å². The van der Waals surface area contributed by atoms with Crippen molar-refractivity contribution in [2.24, 2.45) is 0 Å². The lowest BCUT2D eigenvalue weighted by Gasteiger charge is -2.36. The zero-order valence-electron chi connectivity index (χ0n) is 9.49. The Balaban J connectivity index is 2.26. The fraction of sp³-hybridized carbons (Fsp3) is 0.636. The fourth-order valence-corrected chi connectivity index (χ4v) is 2.48. The molecule has 2 heterocycles. The minimum atomic E-state index is 0.253. The first-order valence-corrected chi connectivity index (χ1v) is 6.15. The van der Waals surface area contributed by atoms with E-state index in [1.54, 1.807) is 6.07 Å². The predicted octanol–water partition coefficient (Wildman–Crippen LogP) is 2.48. The highest BCUT2D eigenvalue weighted by atomic mass is 35.5. The third-order valence-corrected chi connectivity index (χ3v) is 3.28. The van der Waals surface area contributed by atoms with Gasteiger partial charge in [-0.1, -0.05) is 18.5 Å². The number of nitrogens with zero attached hydrogens (tertiary/aromatic N) is 3. The van der Waals surface area contributed by atoms with Crippen LogP contribution in [0.2, 0.25) is 5.15 Å². The van der Waals surface area contributed by atoms with Gasteiger partial charge in [-0.2, -0.15) is 4.98 Å². The summed E-state index contributed by atoms with van der Waals surface area (Å²) >= 11 is 5.90. The summed E-state index contributed by atoms with van der Waals surface area (Å²) in [7, 11) is 0. The van der Waals surface area contributed by atoms with E-state index in [0.29, 0.717) is 11.2 Å². The highest BCUT2D eigenvalue weighted by Gasteiger charge is 2.22. The van der Waals surface area contributed by atoms with Crippen molar-refractivity contribution in [3.05, 3.63) is 11.2 Å². The van der Waals surface area contributed by atoms with E-state index in [2.05, 4.69) is 21.8 Å². The highest BCUT2D eigenvalue weighted by Crippen LogP contribution is 2.26. The van der Waals surface area contributed by atoms with Crippen molar-refractivity contribution >= 4 is 23.4 Å². The minimum absolute atomic E-state index is 0.253. The van der Waals surface area contributed by atoms with Gasteiger partial charge in [-0.05, 0) is 25.7 Å².